The van der Waals surface area contributed by atoms with Gasteiger partial charge in [-0.05, 0) is 6.42 Å². The Morgan fingerprint density at radius 2 is 2.64 bits per heavy atom. The summed E-state index contributed by atoms with van der Waals surface area (Å²) in [6, 6.07) is 0. The average molecular weight is 156 g/mol. The lowest BCUT2D eigenvalue weighted by atomic mass is 10.5. The van der Waals surface area contributed by atoms with Gasteiger partial charge in [0.25, 0.3) is 5.82 Å². The molecular weight excluding hydrogens is 148 g/mol. The maximum absolute atomic E-state index is 10.9. The van der Waals surface area contributed by atoms with Crippen LogP contribution in [0.2, 0.25) is 0 Å². The Morgan fingerprint density at radius 1 is 1.82 bits per heavy atom. The molecule has 0 radical (unpaired) electrons. The van der Waals surface area contributed by atoms with Crippen molar-refractivity contribution in [3.63, 3.8) is 0 Å². The van der Waals surface area contributed by atoms with Crippen molar-refractivity contribution in [3.8, 4) is 0 Å². The van der Waals surface area contributed by atoms with Gasteiger partial charge in [0, 0.05) is 0 Å². The van der Waals surface area contributed by atoms with E-state index < -0.39 is 5.97 Å². The normalized spacial score (nSPS) is 9.55. The summed E-state index contributed by atoms with van der Waals surface area (Å²) in [5.74, 6) is -0.570. The molecule has 1 rings (SSSR count). The Kier molecular flexibility index (Phi) is 2.59. The minimum absolute atomic E-state index is 0.0292. The minimum Gasteiger partial charge on any atom is -0.460 e. The molecule has 1 heterocycles. The molecular formula is C6H8N2O3. The molecule has 0 atom stereocenters. The van der Waals surface area contributed by atoms with E-state index in [4.69, 9.17) is 4.74 Å². The number of carbonyl (C=O) groups is 1. The van der Waals surface area contributed by atoms with Gasteiger partial charge in [-0.3, -0.25) is 0 Å². The number of rotatable bonds is 3. The number of hydrogen-bond donors (Lipinski definition) is 0. The zero-order valence-corrected chi connectivity index (χ0v) is 6.11. The number of esters is 1. The van der Waals surface area contributed by atoms with Crippen LogP contribution >= 0.6 is 0 Å². The van der Waals surface area contributed by atoms with Crippen LogP contribution in [0.15, 0.2) is 10.9 Å². The van der Waals surface area contributed by atoms with Crippen LogP contribution in [-0.2, 0) is 4.74 Å². The Balaban J connectivity index is 2.43. The summed E-state index contributed by atoms with van der Waals surface area (Å²) in [7, 11) is 0. The van der Waals surface area contributed by atoms with Crippen LogP contribution in [0.5, 0.6) is 0 Å². The quantitative estimate of drug-likeness (QED) is 0.600. The second-order valence-electron chi connectivity index (χ2n) is 1.89. The van der Waals surface area contributed by atoms with Crippen molar-refractivity contribution in [3.05, 3.63) is 12.2 Å². The maximum atomic E-state index is 10.9. The molecule has 0 bridgehead atoms. The smallest absolute Gasteiger partial charge is 0.379 e. The highest BCUT2D eigenvalue weighted by Crippen LogP contribution is 1.92. The Hall–Kier alpha value is -1.39. The first kappa shape index (κ1) is 7.71. The van der Waals surface area contributed by atoms with Crippen LogP contribution in [0.3, 0.4) is 0 Å². The molecule has 0 saturated carbocycles. The zero-order valence-electron chi connectivity index (χ0n) is 6.11. The van der Waals surface area contributed by atoms with Gasteiger partial charge >= 0.3 is 5.97 Å². The highest BCUT2D eigenvalue weighted by Gasteiger charge is 2.10. The van der Waals surface area contributed by atoms with Crippen LogP contribution in [0.4, 0.5) is 0 Å². The molecule has 1 aromatic rings. The second-order valence-corrected chi connectivity index (χ2v) is 1.89. The van der Waals surface area contributed by atoms with Crippen molar-refractivity contribution < 1.29 is 14.1 Å². The molecule has 0 aliphatic heterocycles. The fraction of sp³-hybridized carbons (Fsp3) is 0.500. The van der Waals surface area contributed by atoms with Crippen LogP contribution in [0.25, 0.3) is 0 Å². The van der Waals surface area contributed by atoms with Gasteiger partial charge in [0.2, 0.25) is 6.39 Å². The standard InChI is InChI=1S/C6H8N2O3/c1-2-3-10-6(9)5-7-4-11-8-5/h4H,2-3H2,1H3. The highest BCUT2D eigenvalue weighted by molar-refractivity contribution is 5.84. The van der Waals surface area contributed by atoms with E-state index in [0.29, 0.717) is 6.61 Å². The van der Waals surface area contributed by atoms with Crippen molar-refractivity contribution >= 4 is 5.97 Å². The van der Waals surface area contributed by atoms with E-state index in [-0.39, 0.29) is 5.82 Å². The van der Waals surface area contributed by atoms with Crippen molar-refractivity contribution in [1.82, 2.24) is 10.1 Å². The average Bonchev–Trinajstić information content (AvgIpc) is 2.52. The first-order chi connectivity index (χ1) is 5.34. The van der Waals surface area contributed by atoms with E-state index in [2.05, 4.69) is 14.7 Å². The Morgan fingerprint density at radius 3 is 3.18 bits per heavy atom. The fourth-order valence-corrected chi connectivity index (χ4v) is 0.520. The first-order valence-electron chi connectivity index (χ1n) is 3.28. The van der Waals surface area contributed by atoms with Crippen LogP contribution < -0.4 is 0 Å². The van der Waals surface area contributed by atoms with Gasteiger partial charge < -0.3 is 9.26 Å². The number of ether oxygens (including phenoxy) is 1. The monoisotopic (exact) mass is 156 g/mol. The van der Waals surface area contributed by atoms with Crippen molar-refractivity contribution in [2.24, 2.45) is 0 Å². The molecule has 1 aromatic heterocycles. The van der Waals surface area contributed by atoms with Gasteiger partial charge in [-0.1, -0.05) is 12.1 Å². The lowest BCUT2D eigenvalue weighted by Crippen LogP contribution is -2.07. The number of carbonyl (C=O) groups excluding carboxylic acids is 1. The molecule has 5 nitrogen and oxygen atoms in total. The molecule has 5 heteroatoms. The largest absolute Gasteiger partial charge is 0.460 e. The molecule has 0 saturated heterocycles. The molecule has 0 unspecified atom stereocenters. The van der Waals surface area contributed by atoms with Crippen molar-refractivity contribution in [2.75, 3.05) is 6.61 Å². The number of nitrogens with zero attached hydrogens (tertiary/aromatic N) is 2. The van der Waals surface area contributed by atoms with Crippen molar-refractivity contribution in [2.45, 2.75) is 13.3 Å². The topological polar surface area (TPSA) is 65.2 Å². The van der Waals surface area contributed by atoms with Crippen LogP contribution in [0, 0.1) is 0 Å². The predicted molar refractivity (Wildman–Crippen MR) is 34.9 cm³/mol. The van der Waals surface area contributed by atoms with Gasteiger partial charge in [0.1, 0.15) is 0 Å². The highest BCUT2D eigenvalue weighted by atomic mass is 16.5. The van der Waals surface area contributed by atoms with E-state index in [1.54, 1.807) is 0 Å². The maximum Gasteiger partial charge on any atom is 0.379 e. The van der Waals surface area contributed by atoms with Gasteiger partial charge in [0.15, 0.2) is 0 Å². The summed E-state index contributed by atoms with van der Waals surface area (Å²) in [5.41, 5.74) is 0. The number of aromatic nitrogens is 2. The summed E-state index contributed by atoms with van der Waals surface area (Å²) < 4.78 is 9.07. The fourth-order valence-electron chi connectivity index (χ4n) is 0.520. The van der Waals surface area contributed by atoms with Crippen LogP contribution in [-0.4, -0.2) is 22.7 Å². The molecule has 11 heavy (non-hydrogen) atoms. The van der Waals surface area contributed by atoms with E-state index in [1.165, 1.54) is 0 Å². The predicted octanol–water partition coefficient (Wildman–Crippen LogP) is 0.636. The second kappa shape index (κ2) is 3.70. The molecule has 0 spiro atoms. The molecule has 0 aromatic carbocycles. The van der Waals surface area contributed by atoms with Gasteiger partial charge in [-0.2, -0.15) is 4.98 Å². The first-order valence-corrected chi connectivity index (χ1v) is 3.28. The summed E-state index contributed by atoms with van der Waals surface area (Å²) in [6.07, 6.45) is 1.87. The number of hydrogen-bond acceptors (Lipinski definition) is 5. The molecule has 60 valence electrons. The SMILES string of the molecule is CCCOC(=O)c1ncon1. The molecule has 0 aliphatic rings. The molecule has 0 aliphatic carbocycles. The third kappa shape index (κ3) is 2.03. The summed E-state index contributed by atoms with van der Waals surface area (Å²) in [6.45, 7) is 2.29. The molecule has 0 amide bonds. The third-order valence-electron chi connectivity index (χ3n) is 0.981. The summed E-state index contributed by atoms with van der Waals surface area (Å²) in [4.78, 5) is 14.4. The molecule has 0 fully saturated rings. The lowest BCUT2D eigenvalue weighted by molar-refractivity contribution is 0.0487. The van der Waals surface area contributed by atoms with Crippen LogP contribution in [0.1, 0.15) is 24.0 Å². The molecule has 0 N–H and O–H groups in total. The van der Waals surface area contributed by atoms with E-state index in [9.17, 15) is 4.79 Å². The van der Waals surface area contributed by atoms with Gasteiger partial charge in [0.05, 0.1) is 6.61 Å². The summed E-state index contributed by atoms with van der Waals surface area (Å²) >= 11 is 0. The van der Waals surface area contributed by atoms with Gasteiger partial charge in [-0.25, -0.2) is 4.79 Å². The van der Waals surface area contributed by atoms with E-state index in [0.717, 1.165) is 12.8 Å². The third-order valence-corrected chi connectivity index (χ3v) is 0.981. The summed E-state index contributed by atoms with van der Waals surface area (Å²) in [5, 5.41) is 3.31. The van der Waals surface area contributed by atoms with Gasteiger partial charge in [-0.15, -0.1) is 0 Å². The Bertz CT molecular complexity index is 220. The zero-order chi connectivity index (χ0) is 8.10. The Labute approximate surface area is 63.4 Å². The minimum atomic E-state index is -0.541. The van der Waals surface area contributed by atoms with E-state index in [1.807, 2.05) is 6.92 Å². The lowest BCUT2D eigenvalue weighted by Gasteiger charge is -1.96. The van der Waals surface area contributed by atoms with Crippen molar-refractivity contribution in [1.29, 1.82) is 0 Å². The van der Waals surface area contributed by atoms with E-state index >= 15 is 0 Å².